The molecule has 27 heavy (non-hydrogen) atoms. The molecule has 0 aromatic carbocycles. The Balaban J connectivity index is 3.95. The number of rotatable bonds is 21. The van der Waals surface area contributed by atoms with E-state index in [0.29, 0.717) is 13.1 Å². The maximum Gasteiger partial charge on any atom is 0.0667 e. The molecule has 0 aliphatic heterocycles. The SMILES string of the molecule is CCCCCCCCC(O)CN(CCCS)CC(O)CCCCCCCC. The van der Waals surface area contributed by atoms with Crippen molar-refractivity contribution < 1.29 is 10.2 Å². The van der Waals surface area contributed by atoms with Crippen molar-refractivity contribution in [2.24, 2.45) is 0 Å². The molecule has 0 radical (unpaired) electrons. The molecule has 0 bridgehead atoms. The normalized spacial score (nSPS) is 14.0. The summed E-state index contributed by atoms with van der Waals surface area (Å²) in [6.07, 6.45) is 17.4. The Bertz CT molecular complexity index is 268. The minimum atomic E-state index is -0.266. The summed E-state index contributed by atoms with van der Waals surface area (Å²) in [5.41, 5.74) is 0. The van der Waals surface area contributed by atoms with Crippen molar-refractivity contribution in [2.75, 3.05) is 25.4 Å². The minimum Gasteiger partial charge on any atom is -0.392 e. The summed E-state index contributed by atoms with van der Waals surface area (Å²) in [6.45, 7) is 6.78. The van der Waals surface area contributed by atoms with Gasteiger partial charge in [0.1, 0.15) is 0 Å². The Kier molecular flexibility index (Phi) is 21.1. The van der Waals surface area contributed by atoms with E-state index in [1.807, 2.05) is 0 Å². The summed E-state index contributed by atoms with van der Waals surface area (Å²) in [5.74, 6) is 0.859. The second-order valence-electron chi connectivity index (χ2n) is 8.26. The van der Waals surface area contributed by atoms with Gasteiger partial charge in [0.15, 0.2) is 0 Å². The fraction of sp³-hybridized carbons (Fsp3) is 1.00. The van der Waals surface area contributed by atoms with Gasteiger partial charge < -0.3 is 10.2 Å². The summed E-state index contributed by atoms with van der Waals surface area (Å²) >= 11 is 4.32. The lowest BCUT2D eigenvalue weighted by Crippen LogP contribution is -2.38. The van der Waals surface area contributed by atoms with E-state index in [4.69, 9.17) is 0 Å². The van der Waals surface area contributed by atoms with E-state index >= 15 is 0 Å². The average molecular weight is 404 g/mol. The van der Waals surface area contributed by atoms with Gasteiger partial charge in [-0.15, -0.1) is 0 Å². The van der Waals surface area contributed by atoms with Gasteiger partial charge >= 0.3 is 0 Å². The Morgan fingerprint density at radius 2 is 1.04 bits per heavy atom. The molecule has 0 heterocycles. The van der Waals surface area contributed by atoms with E-state index in [1.165, 1.54) is 64.2 Å². The summed E-state index contributed by atoms with van der Waals surface area (Å²) in [6, 6.07) is 0. The van der Waals surface area contributed by atoms with E-state index in [2.05, 4.69) is 31.4 Å². The molecule has 2 atom stereocenters. The van der Waals surface area contributed by atoms with E-state index in [1.54, 1.807) is 0 Å². The van der Waals surface area contributed by atoms with Gasteiger partial charge in [0.25, 0.3) is 0 Å². The van der Waals surface area contributed by atoms with Crippen molar-refractivity contribution in [3.05, 3.63) is 0 Å². The van der Waals surface area contributed by atoms with Gasteiger partial charge in [-0.2, -0.15) is 12.6 Å². The third-order valence-electron chi connectivity index (χ3n) is 5.35. The topological polar surface area (TPSA) is 43.7 Å². The van der Waals surface area contributed by atoms with Crippen LogP contribution >= 0.6 is 12.6 Å². The first kappa shape index (κ1) is 27.2. The van der Waals surface area contributed by atoms with Gasteiger partial charge in [-0.3, -0.25) is 4.90 Å². The highest BCUT2D eigenvalue weighted by Crippen LogP contribution is 2.12. The second kappa shape index (κ2) is 21.0. The van der Waals surface area contributed by atoms with Gasteiger partial charge in [0.05, 0.1) is 12.2 Å². The first-order valence-electron chi connectivity index (χ1n) is 11.8. The van der Waals surface area contributed by atoms with Crippen LogP contribution in [-0.4, -0.2) is 52.7 Å². The van der Waals surface area contributed by atoms with Crippen molar-refractivity contribution >= 4 is 12.6 Å². The molecular weight excluding hydrogens is 354 g/mol. The number of hydrogen-bond acceptors (Lipinski definition) is 4. The summed E-state index contributed by atoms with van der Waals surface area (Å²) in [5, 5.41) is 20.8. The number of hydrogen-bond donors (Lipinski definition) is 3. The Morgan fingerprint density at radius 1 is 0.630 bits per heavy atom. The van der Waals surface area contributed by atoms with E-state index in [0.717, 1.165) is 44.4 Å². The maximum atomic E-state index is 10.4. The van der Waals surface area contributed by atoms with Gasteiger partial charge in [0.2, 0.25) is 0 Å². The molecule has 0 aliphatic carbocycles. The summed E-state index contributed by atoms with van der Waals surface area (Å²) in [4.78, 5) is 2.25. The van der Waals surface area contributed by atoms with E-state index in [9.17, 15) is 10.2 Å². The predicted octanol–water partition coefficient (Wildman–Crippen LogP) is 5.83. The van der Waals surface area contributed by atoms with Gasteiger partial charge in [0, 0.05) is 13.1 Å². The monoisotopic (exact) mass is 403 g/mol. The summed E-state index contributed by atoms with van der Waals surface area (Å²) < 4.78 is 0. The Labute approximate surface area is 175 Å². The molecular formula is C23H49NO2S. The summed E-state index contributed by atoms with van der Waals surface area (Å²) in [7, 11) is 0. The number of aliphatic hydroxyl groups is 2. The molecule has 164 valence electrons. The molecule has 0 amide bonds. The Hall–Kier alpha value is 0.230. The highest BCUT2D eigenvalue weighted by molar-refractivity contribution is 7.80. The minimum absolute atomic E-state index is 0.266. The van der Waals surface area contributed by atoms with Crippen LogP contribution in [0.25, 0.3) is 0 Å². The molecule has 0 fully saturated rings. The zero-order chi connectivity index (χ0) is 20.2. The fourth-order valence-electron chi connectivity index (χ4n) is 3.65. The van der Waals surface area contributed by atoms with Crippen LogP contribution in [0.15, 0.2) is 0 Å². The van der Waals surface area contributed by atoms with Crippen LogP contribution in [-0.2, 0) is 0 Å². The zero-order valence-electron chi connectivity index (χ0n) is 18.4. The molecule has 0 rings (SSSR count). The molecule has 2 unspecified atom stereocenters. The van der Waals surface area contributed by atoms with Crippen LogP contribution in [0.4, 0.5) is 0 Å². The largest absolute Gasteiger partial charge is 0.392 e. The second-order valence-corrected chi connectivity index (χ2v) is 8.70. The number of unbranched alkanes of at least 4 members (excludes halogenated alkanes) is 10. The highest BCUT2D eigenvalue weighted by atomic mass is 32.1. The van der Waals surface area contributed by atoms with E-state index < -0.39 is 0 Å². The van der Waals surface area contributed by atoms with Crippen molar-refractivity contribution in [1.82, 2.24) is 4.90 Å². The lowest BCUT2D eigenvalue weighted by molar-refractivity contribution is 0.0607. The lowest BCUT2D eigenvalue weighted by Gasteiger charge is -2.27. The first-order valence-corrected chi connectivity index (χ1v) is 12.5. The third kappa shape index (κ3) is 19.3. The smallest absolute Gasteiger partial charge is 0.0667 e. The molecule has 2 N–H and O–H groups in total. The van der Waals surface area contributed by atoms with Crippen molar-refractivity contribution in [3.8, 4) is 0 Å². The van der Waals surface area contributed by atoms with Crippen LogP contribution in [0.3, 0.4) is 0 Å². The molecule has 0 aromatic rings. The standard InChI is InChI=1S/C23H49NO2S/c1-3-5-7-9-11-13-16-22(25)20-24(18-15-19-27)21-23(26)17-14-12-10-8-6-4-2/h22-23,25-27H,3-21H2,1-2H3. The average Bonchev–Trinajstić information content (AvgIpc) is 2.65. The zero-order valence-corrected chi connectivity index (χ0v) is 19.3. The quantitative estimate of drug-likeness (QED) is 0.167. The first-order chi connectivity index (χ1) is 13.1. The van der Waals surface area contributed by atoms with Crippen LogP contribution in [0.2, 0.25) is 0 Å². The molecule has 0 saturated heterocycles. The van der Waals surface area contributed by atoms with Crippen LogP contribution < -0.4 is 0 Å². The fourth-order valence-corrected chi connectivity index (χ4v) is 3.79. The molecule has 4 heteroatoms. The van der Waals surface area contributed by atoms with Crippen molar-refractivity contribution in [2.45, 2.75) is 122 Å². The third-order valence-corrected chi connectivity index (χ3v) is 5.67. The molecule has 0 aliphatic rings. The van der Waals surface area contributed by atoms with Gasteiger partial charge in [-0.05, 0) is 31.6 Å². The Morgan fingerprint density at radius 3 is 1.44 bits per heavy atom. The predicted molar refractivity (Wildman–Crippen MR) is 123 cm³/mol. The van der Waals surface area contributed by atoms with Crippen LogP contribution in [0.5, 0.6) is 0 Å². The van der Waals surface area contributed by atoms with Gasteiger partial charge in [-0.1, -0.05) is 90.9 Å². The highest BCUT2D eigenvalue weighted by Gasteiger charge is 2.15. The van der Waals surface area contributed by atoms with Crippen LogP contribution in [0.1, 0.15) is 110 Å². The van der Waals surface area contributed by atoms with E-state index in [-0.39, 0.29) is 12.2 Å². The van der Waals surface area contributed by atoms with Gasteiger partial charge in [-0.25, -0.2) is 0 Å². The lowest BCUT2D eigenvalue weighted by atomic mass is 10.1. The molecule has 0 aromatic heterocycles. The molecule has 0 spiro atoms. The molecule has 3 nitrogen and oxygen atoms in total. The van der Waals surface area contributed by atoms with Crippen molar-refractivity contribution in [3.63, 3.8) is 0 Å². The van der Waals surface area contributed by atoms with Crippen molar-refractivity contribution in [1.29, 1.82) is 0 Å². The van der Waals surface area contributed by atoms with Crippen LogP contribution in [0, 0.1) is 0 Å². The number of aliphatic hydroxyl groups excluding tert-OH is 2. The molecule has 0 saturated carbocycles. The number of nitrogens with zero attached hydrogens (tertiary/aromatic N) is 1. The maximum absolute atomic E-state index is 10.4. The number of thiol groups is 1.